The van der Waals surface area contributed by atoms with Gasteiger partial charge < -0.3 is 93.7 Å². The number of aromatic amines is 5. The highest BCUT2D eigenvalue weighted by Crippen LogP contribution is 2.49. The van der Waals surface area contributed by atoms with Gasteiger partial charge in [0.1, 0.15) is 57.0 Å². The molecule has 0 spiro atoms. The molecule has 0 unspecified atom stereocenters. The maximum atomic E-state index is 12.4. The Balaban J connectivity index is 0.000000100. The Morgan fingerprint density at radius 2 is 0.680 bits per heavy atom. The lowest BCUT2D eigenvalue weighted by molar-refractivity contribution is 0.144. The molecule has 0 radical (unpaired) electrons. The third kappa shape index (κ3) is 16.2. The van der Waals surface area contributed by atoms with Crippen LogP contribution < -0.4 is 48.1 Å². The molecule has 8 fully saturated rings. The summed E-state index contributed by atoms with van der Waals surface area (Å²) >= 11 is 0. The number of nitrogens with zero attached hydrogens (tertiary/aromatic N) is 10. The maximum Gasteiger partial charge on any atom is 0.552 e. The van der Waals surface area contributed by atoms with Gasteiger partial charge in [-0.1, -0.05) is 6.92 Å². The molecule has 5 saturated heterocycles. The second-order valence-corrected chi connectivity index (χ2v) is 37.6. The average molecular weight is 1720 g/mol. The Kier molecular flexibility index (Phi) is 21.7. The van der Waals surface area contributed by atoms with Crippen molar-refractivity contribution >= 4 is 161 Å². The smallest absolute Gasteiger partial charge is 0.531 e. The van der Waals surface area contributed by atoms with Crippen molar-refractivity contribution in [1.29, 1.82) is 0 Å². The van der Waals surface area contributed by atoms with Crippen LogP contribution in [0.15, 0.2) is 122 Å². The summed E-state index contributed by atoms with van der Waals surface area (Å²) < 4.78 is 113. The summed E-state index contributed by atoms with van der Waals surface area (Å²) in [5.74, 6) is 12.1. The highest BCUT2D eigenvalue weighted by atomic mass is 32.2. The van der Waals surface area contributed by atoms with Gasteiger partial charge in [0.05, 0.1) is 31.0 Å². The first-order chi connectivity index (χ1) is 58.9. The largest absolute Gasteiger partial charge is 0.552 e. The number of amides is 4. The van der Waals surface area contributed by atoms with Crippen LogP contribution in [0.25, 0.3) is 83.0 Å². The number of rotatable bonds is 17. The lowest BCUT2D eigenvalue weighted by Gasteiger charge is -2.41. The zero-order valence-corrected chi connectivity index (χ0v) is 68.7. The maximum absolute atomic E-state index is 12.4. The summed E-state index contributed by atoms with van der Waals surface area (Å²) in [4.78, 5) is 64.4. The summed E-state index contributed by atoms with van der Waals surface area (Å²) in [6.45, 7) is 10.1. The van der Waals surface area contributed by atoms with Crippen LogP contribution in [0, 0.1) is 35.5 Å². The van der Waals surface area contributed by atoms with E-state index in [0.717, 1.165) is 149 Å². The molecule has 10 aromatic heterocycles. The van der Waals surface area contributed by atoms with Gasteiger partial charge in [0, 0.05) is 212 Å². The number of nitrogens with one attached hydrogen (secondary N) is 10. The van der Waals surface area contributed by atoms with Gasteiger partial charge in [-0.3, -0.25) is 0 Å². The highest BCUT2D eigenvalue weighted by Gasteiger charge is 2.48. The number of H-pyrrole nitrogens is 5. The van der Waals surface area contributed by atoms with E-state index < -0.39 is 66.2 Å². The Morgan fingerprint density at radius 3 is 0.967 bits per heavy atom. The molecule has 0 aromatic carbocycles. The normalized spacial score (nSPS) is 20.0. The van der Waals surface area contributed by atoms with E-state index in [2.05, 4.69) is 74.6 Å². The van der Waals surface area contributed by atoms with E-state index in [1.165, 1.54) is 12.9 Å². The fraction of sp³-hybridized carbons (Fsp3) is 0.382. The molecule has 38 nitrogen and oxygen atoms in total. The number of fused-ring (bicyclic) bond motifs is 15. The summed E-state index contributed by atoms with van der Waals surface area (Å²) in [6.07, 6.45) is 23.3. The molecule has 122 heavy (non-hydrogen) atoms. The molecule has 0 atom stereocenters. The third-order valence-corrected chi connectivity index (χ3v) is 28.6. The number of carbonyl (C=O) groups excluding carboxylic acids is 2. The van der Waals surface area contributed by atoms with E-state index in [4.69, 9.17) is 23.3 Å². The molecule has 10 aliphatic heterocycles. The second-order valence-electron chi connectivity index (χ2n) is 32.3. The highest BCUT2D eigenvalue weighted by molar-refractivity contribution is 7.87. The van der Waals surface area contributed by atoms with Crippen molar-refractivity contribution in [3.05, 3.63) is 150 Å². The van der Waals surface area contributed by atoms with Crippen LogP contribution in [0.1, 0.15) is 80.2 Å². The minimum absolute atomic E-state index is 0.0104. The van der Waals surface area contributed by atoms with E-state index in [9.17, 15) is 60.0 Å². The van der Waals surface area contributed by atoms with Crippen molar-refractivity contribution in [2.75, 3.05) is 85.1 Å². The summed E-state index contributed by atoms with van der Waals surface area (Å²) in [7, 11) is -15.4. The van der Waals surface area contributed by atoms with Gasteiger partial charge in [0.25, 0.3) is 30.6 Å². The second kappa shape index (κ2) is 32.6. The molecule has 46 heteroatoms. The number of hydrogen-bond donors (Lipinski definition) is 15. The number of urea groups is 2. The average Bonchev–Trinajstić information content (AvgIpc) is 1.48. The van der Waals surface area contributed by atoms with E-state index in [1.54, 1.807) is 91.3 Å². The zero-order chi connectivity index (χ0) is 84.2. The van der Waals surface area contributed by atoms with Crippen molar-refractivity contribution in [3.63, 3.8) is 0 Å². The summed E-state index contributed by atoms with van der Waals surface area (Å²) in [6, 6.07) is 10.1. The van der Waals surface area contributed by atoms with Crippen molar-refractivity contribution < 1.29 is 83.2 Å². The van der Waals surface area contributed by atoms with Gasteiger partial charge >= 0.3 is 47.7 Å². The molecule has 3 saturated carbocycles. The summed E-state index contributed by atoms with van der Waals surface area (Å²) in [5.41, 5.74) is 13.1. The van der Waals surface area contributed by atoms with E-state index in [0.29, 0.717) is 126 Å². The lowest BCUT2D eigenvalue weighted by atomic mass is 9.75. The van der Waals surface area contributed by atoms with Gasteiger partial charge in [-0.15, -0.1) is 0 Å². The zero-order valence-electron chi connectivity index (χ0n) is 66.2. The van der Waals surface area contributed by atoms with Crippen molar-refractivity contribution in [2.24, 2.45) is 35.5 Å². The molecule has 20 heterocycles. The molecular weight excluding hydrogens is 1630 g/mol. The first-order valence-corrected chi connectivity index (χ1v) is 45.2. The molecule has 10 aromatic rings. The minimum Gasteiger partial charge on any atom is -0.531 e. The van der Waals surface area contributed by atoms with Gasteiger partial charge in [0.15, 0.2) is 0 Å². The topological polar surface area (TPSA) is 504 Å². The van der Waals surface area contributed by atoms with Crippen LogP contribution in [0.4, 0.5) is 9.59 Å². The first kappa shape index (κ1) is 81.1. The predicted molar refractivity (Wildman–Crippen MR) is 457 cm³/mol. The fourth-order valence-electron chi connectivity index (χ4n) is 16.9. The van der Waals surface area contributed by atoms with E-state index in [-0.39, 0.29) is 47.7 Å². The molecule has 632 valence electrons. The van der Waals surface area contributed by atoms with Crippen LogP contribution in [-0.4, -0.2) is 268 Å². The number of aromatic nitrogens is 10. The number of carbonyl (C=O) groups is 2. The van der Waals surface area contributed by atoms with E-state index in [1.807, 2.05) is 54.5 Å². The lowest BCUT2D eigenvalue weighted by Crippen LogP contribution is -2.54. The van der Waals surface area contributed by atoms with Crippen LogP contribution in [0.3, 0.4) is 0 Å². The van der Waals surface area contributed by atoms with Crippen molar-refractivity contribution in [1.82, 2.24) is 97.4 Å². The minimum atomic E-state index is -3.43. The SMILES string of the molecule is CCNC(=O)N1CC(C2=CB(O)Oc3cnc4[nH]ccc4c32)C1.CCNS(=O)(=O)N1CC(C2=CB(O)Oc3cnc4[nH]ccc4c32)C1.O=C(NC1CC1)N1CC(C2=CB(O)Oc3cnc4[nH]ccc4c32)C1.O=S(=O)(NC1CC1)N1CC(C2=CB(O)Oc3cnc4[nH]ccc4c32)C1.O=S(=O)(NCC1CC1)N1CC(C2=CB(O)Oc3cnc4[nH]ccc4c32)C1. The third-order valence-electron chi connectivity index (χ3n) is 23.9. The van der Waals surface area contributed by atoms with Crippen molar-refractivity contribution in [2.45, 2.75) is 64.5 Å². The Morgan fingerprint density at radius 1 is 0.393 bits per heavy atom. The van der Waals surface area contributed by atoms with E-state index >= 15 is 0 Å². The molecule has 13 aliphatic rings. The molecule has 0 bridgehead atoms. The standard InChI is InChI=1S/C16H19BN4O4S.C16H17BN4O3.C15H17BN4O4S.C15H17BN4O3.C14H17BN4O4S/c22-17-5-13(15-12-3-4-18-16(12)19-7-14(15)25-17)11-8-21(9-11)26(23,24)20-6-10-1-2-10;22-16(20-10-1-2-10)21-7-9(8-21)12-5-17(23)24-13-6-19-15-11(14(12)13)3-4-18-15;21-16-5-12(9-7-20(8-9)25(22,23)19-10-1-2-10)14-11-3-4-17-15(11)18-6-13(14)24-16;1-2-17-15(21)20-7-9(8-20)11-5-16(22)23-12-6-19-14-10(13(11)12)3-4-18-14;1-2-18-24(21,22)19-7-9(8-19)11-5-15(20)23-12-6-17-14-10(13(11)12)3-4-16-14/h3-5,7,10-11,20,22H,1-2,6,8-9H2,(H,18,19);3-6,9-10,23H,1-2,7-8H2,(H,18,19)(H,20,22);3-6,9-10,19,21H,1-2,7-8H2,(H,17,18);3-6,9,22H,2,7-8H2,1H3,(H,17,21)(H,18,19);3-6,9,18,20H,2,7-8H2,1H3,(H,16,17). The molecular formula is C76H87B5N20O18S3. The van der Waals surface area contributed by atoms with Gasteiger partial charge in [-0.25, -0.2) is 44.0 Å². The Labute approximate surface area is 701 Å². The van der Waals surface area contributed by atoms with Crippen LogP contribution >= 0.6 is 0 Å². The number of pyridine rings is 5. The molecule has 3 aliphatic carbocycles. The van der Waals surface area contributed by atoms with Crippen LogP contribution in [-0.2, 0) is 30.6 Å². The van der Waals surface area contributed by atoms with Crippen molar-refractivity contribution in [3.8, 4) is 28.7 Å². The Bertz CT molecular complexity index is 6290. The van der Waals surface area contributed by atoms with Gasteiger partial charge in [0.2, 0.25) is 0 Å². The summed E-state index contributed by atoms with van der Waals surface area (Å²) in [5, 5.41) is 60.4. The van der Waals surface area contributed by atoms with Gasteiger partial charge in [-0.05, 0) is 139 Å². The molecule has 4 amide bonds. The predicted octanol–water partition coefficient (Wildman–Crippen LogP) is 3.15. The number of likely N-dealkylation sites (tertiary alicyclic amines) is 2. The molecule has 23 rings (SSSR count). The first-order valence-electron chi connectivity index (χ1n) is 40.9. The monoisotopic (exact) mass is 1720 g/mol. The van der Waals surface area contributed by atoms with Crippen LogP contribution in [0.2, 0.25) is 0 Å². The number of hydrogen-bond acceptors (Lipinski definition) is 23. The Hall–Kier alpha value is -10.6. The van der Waals surface area contributed by atoms with Crippen LogP contribution in [0.5, 0.6) is 28.7 Å². The van der Waals surface area contributed by atoms with Gasteiger partial charge in [-0.2, -0.15) is 42.9 Å². The quantitative estimate of drug-likeness (QED) is 0.0582. The fourth-order valence-corrected chi connectivity index (χ4v) is 21.2. The molecule has 15 N–H and O–H groups in total.